The Morgan fingerprint density at radius 1 is 1.27 bits per heavy atom. The molecule has 0 fully saturated rings. The molecule has 2 aromatic rings. The van der Waals surface area contributed by atoms with E-state index >= 15 is 0 Å². The van der Waals surface area contributed by atoms with Crippen LogP contribution in [0.1, 0.15) is 5.56 Å². The minimum absolute atomic E-state index is 0.301. The van der Waals surface area contributed by atoms with E-state index in [9.17, 15) is 4.39 Å². The molecule has 3 nitrogen and oxygen atoms in total. The third-order valence-electron chi connectivity index (χ3n) is 2.08. The number of benzene rings is 1. The monoisotopic (exact) mass is 201 g/mol. The molecule has 1 aromatic heterocycles. The van der Waals surface area contributed by atoms with Gasteiger partial charge in [-0.2, -0.15) is 5.26 Å². The zero-order valence-corrected chi connectivity index (χ0v) is 7.81. The van der Waals surface area contributed by atoms with Crippen LogP contribution < -0.4 is 5.73 Å². The van der Waals surface area contributed by atoms with Crippen LogP contribution in [0.3, 0.4) is 0 Å². The van der Waals surface area contributed by atoms with Gasteiger partial charge in [0.2, 0.25) is 0 Å². The van der Waals surface area contributed by atoms with Gasteiger partial charge in [-0.1, -0.05) is 0 Å². The first-order valence-electron chi connectivity index (χ1n) is 4.34. The van der Waals surface area contributed by atoms with Crippen LogP contribution in [0.15, 0.2) is 36.5 Å². The molecule has 0 bridgehead atoms. The fraction of sp³-hybridized carbons (Fsp3) is 0. The maximum absolute atomic E-state index is 12.7. The Morgan fingerprint density at radius 3 is 2.47 bits per heavy atom. The number of halogens is 1. The summed E-state index contributed by atoms with van der Waals surface area (Å²) in [5.74, 6) is 0.156. The molecular weight excluding hydrogens is 193 g/mol. The summed E-state index contributed by atoms with van der Waals surface area (Å²) in [5, 5.41) is 8.69. The summed E-state index contributed by atoms with van der Waals surface area (Å²) < 4.78 is 14.3. The first kappa shape index (κ1) is 9.28. The largest absolute Gasteiger partial charge is 0.385 e. The minimum Gasteiger partial charge on any atom is -0.385 e. The van der Waals surface area contributed by atoms with Crippen LogP contribution in [0, 0.1) is 17.1 Å². The van der Waals surface area contributed by atoms with E-state index in [0.717, 1.165) is 5.69 Å². The first-order chi connectivity index (χ1) is 7.20. The molecule has 1 heterocycles. The third kappa shape index (κ3) is 1.67. The fourth-order valence-electron chi connectivity index (χ4n) is 1.37. The van der Waals surface area contributed by atoms with Crippen molar-refractivity contribution in [1.29, 1.82) is 5.26 Å². The summed E-state index contributed by atoms with van der Waals surface area (Å²) in [6, 6.07) is 9.47. The van der Waals surface area contributed by atoms with Gasteiger partial charge >= 0.3 is 0 Å². The Bertz CT molecular complexity index is 520. The van der Waals surface area contributed by atoms with Crippen LogP contribution in [0.4, 0.5) is 10.2 Å². The van der Waals surface area contributed by atoms with Gasteiger partial charge in [-0.25, -0.2) is 4.39 Å². The van der Waals surface area contributed by atoms with Gasteiger partial charge < -0.3 is 10.3 Å². The topological polar surface area (TPSA) is 54.7 Å². The molecule has 74 valence electrons. The van der Waals surface area contributed by atoms with Gasteiger partial charge in [-0.15, -0.1) is 0 Å². The molecule has 0 radical (unpaired) electrons. The van der Waals surface area contributed by atoms with E-state index in [2.05, 4.69) is 0 Å². The van der Waals surface area contributed by atoms with Crippen LogP contribution >= 0.6 is 0 Å². The smallest absolute Gasteiger partial charge is 0.123 e. The number of anilines is 1. The van der Waals surface area contributed by atoms with Crippen molar-refractivity contribution >= 4 is 5.82 Å². The van der Waals surface area contributed by atoms with Gasteiger partial charge in [0.1, 0.15) is 17.7 Å². The molecular formula is C11H8FN3. The third-order valence-corrected chi connectivity index (χ3v) is 2.08. The van der Waals surface area contributed by atoms with E-state index in [1.807, 2.05) is 6.07 Å². The highest BCUT2D eigenvalue weighted by Crippen LogP contribution is 2.17. The summed E-state index contributed by atoms with van der Waals surface area (Å²) in [4.78, 5) is 0. The maximum atomic E-state index is 12.7. The van der Waals surface area contributed by atoms with E-state index in [1.54, 1.807) is 29.0 Å². The van der Waals surface area contributed by atoms with Crippen molar-refractivity contribution < 1.29 is 4.39 Å². The van der Waals surface area contributed by atoms with Gasteiger partial charge in [0.05, 0.1) is 5.56 Å². The molecule has 0 amide bonds. The first-order valence-corrected chi connectivity index (χ1v) is 4.34. The molecule has 0 spiro atoms. The second-order valence-electron chi connectivity index (χ2n) is 3.11. The molecule has 2 rings (SSSR count). The lowest BCUT2D eigenvalue weighted by atomic mass is 10.3. The van der Waals surface area contributed by atoms with Gasteiger partial charge in [0.25, 0.3) is 0 Å². The Kier molecular flexibility index (Phi) is 2.14. The summed E-state index contributed by atoms with van der Waals surface area (Å²) in [6.45, 7) is 0. The van der Waals surface area contributed by atoms with Crippen molar-refractivity contribution in [1.82, 2.24) is 4.57 Å². The normalized spacial score (nSPS) is 9.87. The summed E-state index contributed by atoms with van der Waals surface area (Å²) in [6.07, 6.45) is 1.61. The van der Waals surface area contributed by atoms with Gasteiger partial charge in [-0.3, -0.25) is 0 Å². The fourth-order valence-corrected chi connectivity index (χ4v) is 1.37. The van der Waals surface area contributed by atoms with Crippen LogP contribution in [-0.4, -0.2) is 4.57 Å². The van der Waals surface area contributed by atoms with E-state index < -0.39 is 0 Å². The van der Waals surface area contributed by atoms with Crippen molar-refractivity contribution in [3.63, 3.8) is 0 Å². The average molecular weight is 201 g/mol. The predicted molar refractivity (Wildman–Crippen MR) is 54.9 cm³/mol. The molecule has 0 unspecified atom stereocenters. The van der Waals surface area contributed by atoms with Crippen molar-refractivity contribution in [3.05, 3.63) is 47.9 Å². The summed E-state index contributed by atoms with van der Waals surface area (Å²) in [7, 11) is 0. The molecule has 0 atom stereocenters. The predicted octanol–water partition coefficient (Wildman–Crippen LogP) is 2.07. The molecule has 4 heteroatoms. The lowest BCUT2D eigenvalue weighted by molar-refractivity contribution is 0.627. The van der Waals surface area contributed by atoms with Crippen molar-refractivity contribution in [2.24, 2.45) is 0 Å². The number of hydrogen-bond acceptors (Lipinski definition) is 2. The Hall–Kier alpha value is -2.28. The summed E-state index contributed by atoms with van der Waals surface area (Å²) >= 11 is 0. The summed E-state index contributed by atoms with van der Waals surface area (Å²) in [5.41, 5.74) is 6.92. The lowest BCUT2D eigenvalue weighted by Gasteiger charge is -2.04. The number of nitrogens with zero attached hydrogens (tertiary/aromatic N) is 2. The zero-order chi connectivity index (χ0) is 10.8. The van der Waals surface area contributed by atoms with Crippen LogP contribution in [0.5, 0.6) is 0 Å². The molecule has 15 heavy (non-hydrogen) atoms. The second-order valence-corrected chi connectivity index (χ2v) is 3.11. The number of nitriles is 1. The lowest BCUT2D eigenvalue weighted by Crippen LogP contribution is -1.97. The van der Waals surface area contributed by atoms with E-state index in [4.69, 9.17) is 11.0 Å². The van der Waals surface area contributed by atoms with Crippen molar-refractivity contribution in [3.8, 4) is 11.8 Å². The van der Waals surface area contributed by atoms with Crippen LogP contribution in [0.25, 0.3) is 5.69 Å². The highest BCUT2D eigenvalue weighted by molar-refractivity contribution is 5.49. The average Bonchev–Trinajstić information content (AvgIpc) is 2.61. The Balaban J connectivity index is 2.50. The minimum atomic E-state index is -0.301. The second kappa shape index (κ2) is 3.46. The number of nitrogen functional groups attached to an aromatic ring is 1. The quantitative estimate of drug-likeness (QED) is 0.767. The zero-order valence-electron chi connectivity index (χ0n) is 7.81. The molecule has 0 aliphatic carbocycles. The molecule has 0 saturated heterocycles. The number of nitrogens with two attached hydrogens (primary N) is 1. The molecule has 0 saturated carbocycles. The maximum Gasteiger partial charge on any atom is 0.123 e. The molecule has 0 aliphatic heterocycles. The van der Waals surface area contributed by atoms with Gasteiger partial charge in [0.15, 0.2) is 0 Å². The van der Waals surface area contributed by atoms with Crippen molar-refractivity contribution in [2.45, 2.75) is 0 Å². The van der Waals surface area contributed by atoms with E-state index in [-0.39, 0.29) is 5.82 Å². The standard InChI is InChI=1S/C11H8FN3/c12-9-1-3-10(4-2-9)15-7-8(6-13)5-11(15)14/h1-5,7H,14H2. The molecule has 1 aromatic carbocycles. The number of aromatic nitrogens is 1. The van der Waals surface area contributed by atoms with E-state index in [0.29, 0.717) is 11.4 Å². The Labute approximate surface area is 86.2 Å². The molecule has 0 aliphatic rings. The van der Waals surface area contributed by atoms with Crippen LogP contribution in [-0.2, 0) is 0 Å². The van der Waals surface area contributed by atoms with E-state index in [1.165, 1.54) is 12.1 Å². The van der Waals surface area contributed by atoms with Crippen LogP contribution in [0.2, 0.25) is 0 Å². The highest BCUT2D eigenvalue weighted by Gasteiger charge is 2.04. The Morgan fingerprint density at radius 2 is 1.93 bits per heavy atom. The highest BCUT2D eigenvalue weighted by atomic mass is 19.1. The number of hydrogen-bond donors (Lipinski definition) is 1. The molecule has 2 N–H and O–H groups in total. The van der Waals surface area contributed by atoms with Gasteiger partial charge in [-0.05, 0) is 30.3 Å². The van der Waals surface area contributed by atoms with Gasteiger partial charge in [0, 0.05) is 11.9 Å². The number of rotatable bonds is 1. The SMILES string of the molecule is N#Cc1cc(N)n(-c2ccc(F)cc2)c1. The van der Waals surface area contributed by atoms with Crippen molar-refractivity contribution in [2.75, 3.05) is 5.73 Å².